The van der Waals surface area contributed by atoms with E-state index in [-0.39, 0.29) is 23.2 Å². The van der Waals surface area contributed by atoms with E-state index in [1.165, 1.54) is 6.26 Å². The van der Waals surface area contributed by atoms with Gasteiger partial charge in [-0.15, -0.1) is 0 Å². The summed E-state index contributed by atoms with van der Waals surface area (Å²) in [5.41, 5.74) is 2.21. The van der Waals surface area contributed by atoms with Crippen molar-refractivity contribution >= 4 is 26.6 Å². The Balaban J connectivity index is 1.48. The number of rotatable bonds is 3. The lowest BCUT2D eigenvalue weighted by Gasteiger charge is -2.38. The highest BCUT2D eigenvalue weighted by Gasteiger charge is 2.46. The van der Waals surface area contributed by atoms with Crippen molar-refractivity contribution in [1.82, 2.24) is 10.1 Å². The van der Waals surface area contributed by atoms with Crippen molar-refractivity contribution in [3.8, 4) is 11.3 Å². The Hall–Kier alpha value is -2.67. The molecule has 1 amide bonds. The number of nitrogens with zero attached hydrogens (tertiary/aromatic N) is 2. The highest BCUT2D eigenvalue weighted by Crippen LogP contribution is 2.39. The fraction of sp³-hybridized carbons (Fsp3) is 0.364. The molecule has 7 heteroatoms. The number of piperidine rings is 1. The molecule has 2 saturated heterocycles. The van der Waals surface area contributed by atoms with E-state index in [9.17, 15) is 13.2 Å². The van der Waals surface area contributed by atoms with E-state index >= 15 is 0 Å². The fourth-order valence-corrected chi connectivity index (χ4v) is 5.97. The maximum absolute atomic E-state index is 13.4. The van der Waals surface area contributed by atoms with Crippen LogP contribution >= 0.6 is 0 Å². The zero-order valence-electron chi connectivity index (χ0n) is 16.1. The smallest absolute Gasteiger partial charge is 0.254 e. The summed E-state index contributed by atoms with van der Waals surface area (Å²) in [6, 6.07) is 15.1. The lowest BCUT2D eigenvalue weighted by molar-refractivity contribution is 0.0598. The molecule has 2 fully saturated rings. The van der Waals surface area contributed by atoms with Gasteiger partial charge in [0.25, 0.3) is 5.91 Å². The van der Waals surface area contributed by atoms with E-state index in [2.05, 4.69) is 5.16 Å². The summed E-state index contributed by atoms with van der Waals surface area (Å²) in [6.45, 7) is 0. The highest BCUT2D eigenvalue weighted by atomic mass is 32.2. The Morgan fingerprint density at radius 1 is 1.07 bits per heavy atom. The topological polar surface area (TPSA) is 80.5 Å². The largest absolute Gasteiger partial charge is 0.355 e. The minimum absolute atomic E-state index is 0.00672. The van der Waals surface area contributed by atoms with Gasteiger partial charge in [-0.1, -0.05) is 35.5 Å². The zero-order valence-corrected chi connectivity index (χ0v) is 16.9. The third kappa shape index (κ3) is 3.13. The molecule has 0 spiro atoms. The summed E-state index contributed by atoms with van der Waals surface area (Å²) >= 11 is 0. The average Bonchev–Trinajstić information content (AvgIpc) is 3.24. The maximum Gasteiger partial charge on any atom is 0.254 e. The van der Waals surface area contributed by atoms with E-state index in [1.54, 1.807) is 6.07 Å². The molecule has 2 bridgehead atoms. The van der Waals surface area contributed by atoms with E-state index in [0.717, 1.165) is 23.8 Å². The number of hydrogen-bond acceptors (Lipinski definition) is 5. The number of fused-ring (bicyclic) bond motifs is 3. The van der Waals surface area contributed by atoms with Crippen LogP contribution < -0.4 is 0 Å². The van der Waals surface area contributed by atoms with E-state index in [4.69, 9.17) is 4.52 Å². The quantitative estimate of drug-likeness (QED) is 0.658. The van der Waals surface area contributed by atoms with Crippen LogP contribution in [0.25, 0.3) is 22.2 Å². The number of hydrogen-bond donors (Lipinski definition) is 0. The molecule has 150 valence electrons. The van der Waals surface area contributed by atoms with Crippen LogP contribution in [0.4, 0.5) is 0 Å². The Kier molecular flexibility index (Phi) is 4.24. The average molecular weight is 410 g/mol. The molecule has 2 unspecified atom stereocenters. The van der Waals surface area contributed by atoms with Crippen LogP contribution in [0.5, 0.6) is 0 Å². The Morgan fingerprint density at radius 2 is 1.76 bits per heavy atom. The van der Waals surface area contributed by atoms with Gasteiger partial charge in [0.15, 0.2) is 5.76 Å². The molecule has 0 N–H and O–H groups in total. The van der Waals surface area contributed by atoms with E-state index in [1.807, 2.05) is 47.4 Å². The molecule has 6 nitrogen and oxygen atoms in total. The van der Waals surface area contributed by atoms with Crippen LogP contribution in [0.2, 0.25) is 0 Å². The molecule has 2 atom stereocenters. The molecular formula is C22H22N2O4S. The molecule has 0 aliphatic carbocycles. The molecule has 3 heterocycles. The molecule has 3 aromatic rings. The number of aromatic nitrogens is 1. The van der Waals surface area contributed by atoms with Gasteiger partial charge in [0.1, 0.15) is 15.4 Å². The lowest BCUT2D eigenvalue weighted by atomic mass is 10.00. The summed E-state index contributed by atoms with van der Waals surface area (Å²) in [6.07, 6.45) is 4.11. The summed E-state index contributed by atoms with van der Waals surface area (Å²) in [7, 11) is -3.08. The predicted octanol–water partition coefficient (Wildman–Crippen LogP) is 3.68. The summed E-state index contributed by atoms with van der Waals surface area (Å²) in [5.74, 6) is 0.612. The van der Waals surface area contributed by atoms with Crippen molar-refractivity contribution in [1.29, 1.82) is 0 Å². The first kappa shape index (κ1) is 18.4. The van der Waals surface area contributed by atoms with Gasteiger partial charge < -0.3 is 9.42 Å². The first-order valence-corrected chi connectivity index (χ1v) is 11.8. The van der Waals surface area contributed by atoms with Gasteiger partial charge in [-0.2, -0.15) is 0 Å². The van der Waals surface area contributed by atoms with Crippen LogP contribution in [0, 0.1) is 0 Å². The normalized spacial score (nSPS) is 24.2. The van der Waals surface area contributed by atoms with Crippen molar-refractivity contribution in [3.05, 3.63) is 54.1 Å². The van der Waals surface area contributed by atoms with E-state index in [0.29, 0.717) is 29.7 Å². The van der Waals surface area contributed by atoms with Crippen molar-refractivity contribution in [2.75, 3.05) is 6.26 Å². The molecule has 0 saturated carbocycles. The summed E-state index contributed by atoms with van der Waals surface area (Å²) in [5, 5.41) is 4.59. The van der Waals surface area contributed by atoms with Gasteiger partial charge in [-0.05, 0) is 43.9 Å². The van der Waals surface area contributed by atoms with Gasteiger partial charge in [0, 0.05) is 29.5 Å². The van der Waals surface area contributed by atoms with Gasteiger partial charge >= 0.3 is 0 Å². The second-order valence-electron chi connectivity index (χ2n) is 8.13. The monoisotopic (exact) mass is 410 g/mol. The predicted molar refractivity (Wildman–Crippen MR) is 110 cm³/mol. The van der Waals surface area contributed by atoms with Crippen LogP contribution in [0.15, 0.2) is 53.1 Å². The fourth-order valence-electron chi connectivity index (χ4n) is 4.83. The van der Waals surface area contributed by atoms with Crippen LogP contribution in [0.1, 0.15) is 36.0 Å². The first-order valence-electron chi connectivity index (χ1n) is 9.88. The number of carbonyl (C=O) groups is 1. The van der Waals surface area contributed by atoms with Gasteiger partial charge in [0.2, 0.25) is 0 Å². The number of benzene rings is 2. The molecular weight excluding hydrogens is 388 g/mol. The molecule has 5 rings (SSSR count). The number of carbonyl (C=O) groups excluding carboxylic acids is 1. The van der Waals surface area contributed by atoms with Gasteiger partial charge in [-0.25, -0.2) is 8.42 Å². The second-order valence-corrected chi connectivity index (χ2v) is 10.5. The van der Waals surface area contributed by atoms with Crippen molar-refractivity contribution in [3.63, 3.8) is 0 Å². The third-order valence-electron chi connectivity index (χ3n) is 6.29. The Morgan fingerprint density at radius 3 is 2.41 bits per heavy atom. The van der Waals surface area contributed by atoms with Crippen LogP contribution in [-0.4, -0.2) is 48.0 Å². The van der Waals surface area contributed by atoms with Crippen molar-refractivity contribution < 1.29 is 17.7 Å². The minimum Gasteiger partial charge on any atom is -0.355 e. The zero-order chi connectivity index (χ0) is 20.2. The highest BCUT2D eigenvalue weighted by molar-refractivity contribution is 7.91. The van der Waals surface area contributed by atoms with Gasteiger partial charge in [-0.3, -0.25) is 4.79 Å². The van der Waals surface area contributed by atoms with Gasteiger partial charge in [0.05, 0.1) is 10.6 Å². The number of amides is 1. The van der Waals surface area contributed by atoms with Crippen LogP contribution in [-0.2, 0) is 9.84 Å². The minimum atomic E-state index is -3.08. The van der Waals surface area contributed by atoms with Crippen molar-refractivity contribution in [2.24, 2.45) is 0 Å². The van der Waals surface area contributed by atoms with E-state index < -0.39 is 9.84 Å². The Bertz CT molecular complexity index is 1170. The van der Waals surface area contributed by atoms with Crippen LogP contribution in [0.3, 0.4) is 0 Å². The molecule has 0 radical (unpaired) electrons. The second kappa shape index (κ2) is 6.69. The summed E-state index contributed by atoms with van der Waals surface area (Å²) in [4.78, 5) is 15.3. The maximum atomic E-state index is 13.4. The third-order valence-corrected chi connectivity index (χ3v) is 7.89. The number of sulfone groups is 1. The van der Waals surface area contributed by atoms with Crippen molar-refractivity contribution in [2.45, 2.75) is 43.0 Å². The molecule has 1 aromatic heterocycles. The summed E-state index contributed by atoms with van der Waals surface area (Å²) < 4.78 is 29.6. The standard InChI is InChI=1S/C22H22N2O4S/c1-29(26,27)18-12-16-8-9-17(13-18)24(16)22(25)15-7-10-20-19(11-15)21(28-23-20)14-5-3-2-4-6-14/h2-7,10-11,16-18H,8-9,12-13H2,1H3. The lowest BCUT2D eigenvalue weighted by Crippen LogP contribution is -2.49. The molecule has 2 aliphatic heterocycles. The molecule has 2 aromatic carbocycles. The molecule has 2 aliphatic rings. The first-order chi connectivity index (χ1) is 13.9. The molecule has 29 heavy (non-hydrogen) atoms. The Labute approximate surface area is 169 Å². The SMILES string of the molecule is CS(=O)(=O)C1CC2CCC(C1)N2C(=O)c1ccc2noc(-c3ccccc3)c2c1.